The maximum atomic E-state index is 5.79. The van der Waals surface area contributed by atoms with Crippen LogP contribution in [0.3, 0.4) is 0 Å². The smallest absolute Gasteiger partial charge is 0.191 e. The van der Waals surface area contributed by atoms with Crippen LogP contribution >= 0.6 is 0 Å². The van der Waals surface area contributed by atoms with Crippen molar-refractivity contribution >= 4 is 5.57 Å². The second-order valence-electron chi connectivity index (χ2n) is 5.28. The highest BCUT2D eigenvalue weighted by atomic mass is 16.4. The van der Waals surface area contributed by atoms with Crippen LogP contribution in [0, 0.1) is 6.92 Å². The molecule has 2 aromatic heterocycles. The average molecular weight is 277 g/mol. The Morgan fingerprint density at radius 2 is 1.95 bits per heavy atom. The van der Waals surface area contributed by atoms with E-state index in [0.717, 1.165) is 29.2 Å². The van der Waals surface area contributed by atoms with Crippen molar-refractivity contribution in [2.45, 2.75) is 19.3 Å². The molecule has 0 radical (unpaired) electrons. The molecule has 1 atom stereocenters. The summed E-state index contributed by atoms with van der Waals surface area (Å²) in [4.78, 5) is 4.52. The minimum atomic E-state index is 0.283. The predicted molar refractivity (Wildman–Crippen MR) is 79.9 cm³/mol. The fourth-order valence-corrected chi connectivity index (χ4v) is 2.90. The first-order chi connectivity index (χ1) is 10.3. The van der Waals surface area contributed by atoms with Crippen LogP contribution in [0.5, 0.6) is 0 Å². The average Bonchev–Trinajstić information content (AvgIpc) is 3.15. The van der Waals surface area contributed by atoms with Crippen molar-refractivity contribution in [3.05, 3.63) is 83.5 Å². The monoisotopic (exact) mass is 277 g/mol. The summed E-state index contributed by atoms with van der Waals surface area (Å²) >= 11 is 0. The van der Waals surface area contributed by atoms with Crippen LogP contribution < -0.4 is 0 Å². The van der Waals surface area contributed by atoms with E-state index < -0.39 is 0 Å². The number of hydrogen-bond acceptors (Lipinski definition) is 3. The van der Waals surface area contributed by atoms with Gasteiger partial charge >= 0.3 is 0 Å². The lowest BCUT2D eigenvalue weighted by Crippen LogP contribution is -2.08. The first-order valence-electron chi connectivity index (χ1n) is 7.08. The van der Waals surface area contributed by atoms with Gasteiger partial charge in [0.2, 0.25) is 0 Å². The lowest BCUT2D eigenvalue weighted by molar-refractivity contribution is 0.465. The van der Waals surface area contributed by atoms with Crippen molar-refractivity contribution in [2.24, 2.45) is 0 Å². The molecule has 3 heteroatoms. The van der Waals surface area contributed by atoms with Gasteiger partial charge < -0.3 is 8.83 Å². The zero-order valence-corrected chi connectivity index (χ0v) is 11.7. The van der Waals surface area contributed by atoms with Gasteiger partial charge in [0.05, 0.1) is 6.26 Å². The Hall–Kier alpha value is -2.55. The number of benzene rings is 1. The summed E-state index contributed by atoms with van der Waals surface area (Å²) in [6.07, 6.45) is 4.76. The Bertz CT molecular complexity index is 782. The molecular weight excluding hydrogens is 262 g/mol. The van der Waals surface area contributed by atoms with Crippen LogP contribution in [-0.2, 0) is 6.42 Å². The van der Waals surface area contributed by atoms with Gasteiger partial charge in [0.15, 0.2) is 5.89 Å². The Balaban J connectivity index is 1.85. The molecule has 0 amide bonds. The quantitative estimate of drug-likeness (QED) is 0.699. The van der Waals surface area contributed by atoms with Gasteiger partial charge in [-0.2, -0.15) is 0 Å². The Kier molecular flexibility index (Phi) is 2.78. The zero-order valence-electron chi connectivity index (χ0n) is 11.7. The summed E-state index contributed by atoms with van der Waals surface area (Å²) in [5.41, 5.74) is 3.21. The zero-order chi connectivity index (χ0) is 14.2. The SMILES string of the molecule is Cc1nc2c(o1)CC(c1ccccc1)C=C2c1ccco1. The summed E-state index contributed by atoms with van der Waals surface area (Å²) in [5.74, 6) is 2.76. The van der Waals surface area contributed by atoms with Gasteiger partial charge in [0.1, 0.15) is 17.2 Å². The van der Waals surface area contributed by atoms with Crippen LogP contribution in [0.25, 0.3) is 5.57 Å². The van der Waals surface area contributed by atoms with Crippen LogP contribution in [0.2, 0.25) is 0 Å². The molecule has 21 heavy (non-hydrogen) atoms. The predicted octanol–water partition coefficient (Wildman–Crippen LogP) is 4.35. The van der Waals surface area contributed by atoms with E-state index in [1.54, 1.807) is 6.26 Å². The van der Waals surface area contributed by atoms with Crippen molar-refractivity contribution < 1.29 is 8.83 Å². The van der Waals surface area contributed by atoms with Crippen molar-refractivity contribution in [3.63, 3.8) is 0 Å². The highest BCUT2D eigenvalue weighted by Gasteiger charge is 2.27. The molecule has 1 unspecified atom stereocenters. The number of furan rings is 1. The molecule has 1 aliphatic rings. The third-order valence-corrected chi connectivity index (χ3v) is 3.85. The molecule has 0 spiro atoms. The molecule has 0 N–H and O–H groups in total. The van der Waals surface area contributed by atoms with Gasteiger partial charge in [-0.15, -0.1) is 0 Å². The molecule has 4 rings (SSSR count). The third kappa shape index (κ3) is 2.11. The summed E-state index contributed by atoms with van der Waals surface area (Å²) in [6.45, 7) is 1.88. The molecule has 0 saturated heterocycles. The molecule has 3 aromatic rings. The minimum Gasteiger partial charge on any atom is -0.464 e. The van der Waals surface area contributed by atoms with Crippen molar-refractivity contribution in [1.82, 2.24) is 4.98 Å². The molecule has 1 aliphatic carbocycles. The number of fused-ring (bicyclic) bond motifs is 1. The number of oxazole rings is 1. The number of allylic oxidation sites excluding steroid dienone is 1. The van der Waals surface area contributed by atoms with E-state index >= 15 is 0 Å². The maximum Gasteiger partial charge on any atom is 0.191 e. The summed E-state index contributed by atoms with van der Waals surface area (Å²) in [7, 11) is 0. The second-order valence-corrected chi connectivity index (χ2v) is 5.28. The van der Waals surface area contributed by atoms with Gasteiger partial charge in [0, 0.05) is 24.8 Å². The summed E-state index contributed by atoms with van der Waals surface area (Å²) in [5, 5.41) is 0. The van der Waals surface area contributed by atoms with Crippen molar-refractivity contribution in [3.8, 4) is 0 Å². The highest BCUT2D eigenvalue weighted by molar-refractivity contribution is 5.78. The molecule has 0 fully saturated rings. The van der Waals surface area contributed by atoms with Gasteiger partial charge in [-0.3, -0.25) is 0 Å². The van der Waals surface area contributed by atoms with E-state index in [-0.39, 0.29) is 5.92 Å². The van der Waals surface area contributed by atoms with E-state index in [2.05, 4.69) is 35.3 Å². The van der Waals surface area contributed by atoms with E-state index in [1.807, 2.05) is 25.1 Å². The number of hydrogen-bond donors (Lipinski definition) is 0. The molecule has 0 saturated carbocycles. The Labute approximate surface area is 122 Å². The molecule has 3 nitrogen and oxygen atoms in total. The molecule has 0 aliphatic heterocycles. The van der Waals surface area contributed by atoms with E-state index in [4.69, 9.17) is 8.83 Å². The molecular formula is C18H15NO2. The van der Waals surface area contributed by atoms with Crippen molar-refractivity contribution in [2.75, 3.05) is 0 Å². The third-order valence-electron chi connectivity index (χ3n) is 3.85. The standard InChI is InChI=1S/C18H15NO2/c1-12-19-18-15(16-8-5-9-20-16)10-14(11-17(18)21-12)13-6-3-2-4-7-13/h2-10,14H,11H2,1H3. The first-order valence-corrected chi connectivity index (χ1v) is 7.08. The number of aryl methyl sites for hydroxylation is 1. The van der Waals surface area contributed by atoms with Crippen LogP contribution in [0.15, 0.2) is 63.6 Å². The lowest BCUT2D eigenvalue weighted by Gasteiger charge is -2.19. The first kappa shape index (κ1) is 12.2. The van der Waals surface area contributed by atoms with Gasteiger partial charge in [-0.25, -0.2) is 4.98 Å². The lowest BCUT2D eigenvalue weighted by atomic mass is 9.86. The largest absolute Gasteiger partial charge is 0.464 e. The number of nitrogens with zero attached hydrogens (tertiary/aromatic N) is 1. The van der Waals surface area contributed by atoms with Gasteiger partial charge in [-0.05, 0) is 17.7 Å². The minimum absolute atomic E-state index is 0.283. The van der Waals surface area contributed by atoms with Crippen LogP contribution in [-0.4, -0.2) is 4.98 Å². The second kappa shape index (κ2) is 4.77. The molecule has 1 aromatic carbocycles. The maximum absolute atomic E-state index is 5.79. The van der Waals surface area contributed by atoms with E-state index in [9.17, 15) is 0 Å². The summed E-state index contributed by atoms with van der Waals surface area (Å²) < 4.78 is 11.4. The summed E-state index contributed by atoms with van der Waals surface area (Å²) in [6, 6.07) is 14.3. The van der Waals surface area contributed by atoms with Crippen molar-refractivity contribution in [1.29, 1.82) is 0 Å². The van der Waals surface area contributed by atoms with E-state index in [1.165, 1.54) is 5.56 Å². The van der Waals surface area contributed by atoms with Gasteiger partial charge in [0.25, 0.3) is 0 Å². The van der Waals surface area contributed by atoms with E-state index in [0.29, 0.717) is 5.89 Å². The number of rotatable bonds is 2. The number of aromatic nitrogens is 1. The Morgan fingerprint density at radius 1 is 1.10 bits per heavy atom. The normalized spacial score (nSPS) is 17.4. The fourth-order valence-electron chi connectivity index (χ4n) is 2.90. The molecule has 104 valence electrons. The Morgan fingerprint density at radius 3 is 2.71 bits per heavy atom. The highest BCUT2D eigenvalue weighted by Crippen LogP contribution is 2.38. The molecule has 0 bridgehead atoms. The molecule has 2 heterocycles. The van der Waals surface area contributed by atoms with Gasteiger partial charge in [-0.1, -0.05) is 36.4 Å². The fraction of sp³-hybridized carbons (Fsp3) is 0.167. The topological polar surface area (TPSA) is 39.2 Å². The van der Waals surface area contributed by atoms with Crippen LogP contribution in [0.4, 0.5) is 0 Å². The van der Waals surface area contributed by atoms with Crippen LogP contribution in [0.1, 0.15) is 34.6 Å².